The van der Waals surface area contributed by atoms with Crippen LogP contribution in [0.3, 0.4) is 0 Å². The van der Waals surface area contributed by atoms with Gasteiger partial charge in [0.15, 0.2) is 0 Å². The Morgan fingerprint density at radius 1 is 1.04 bits per heavy atom. The van der Waals surface area contributed by atoms with Gasteiger partial charge in [0.05, 0.1) is 5.69 Å². The first kappa shape index (κ1) is 18.7. The van der Waals surface area contributed by atoms with E-state index in [0.29, 0.717) is 23.5 Å². The molecule has 5 N–H and O–H groups in total. The van der Waals surface area contributed by atoms with Gasteiger partial charge in [-0.05, 0) is 50.1 Å². The quantitative estimate of drug-likeness (QED) is 0.614. The zero-order chi connectivity index (χ0) is 19.3. The summed E-state index contributed by atoms with van der Waals surface area (Å²) in [4.78, 5) is 21.0. The van der Waals surface area contributed by atoms with Crippen LogP contribution in [0.25, 0.3) is 11.3 Å². The van der Waals surface area contributed by atoms with Crippen molar-refractivity contribution in [3.05, 3.63) is 36.0 Å². The third-order valence-corrected chi connectivity index (χ3v) is 5.54. The highest BCUT2D eigenvalue weighted by Crippen LogP contribution is 2.26. The van der Waals surface area contributed by atoms with Crippen LogP contribution in [0.15, 0.2) is 30.5 Å². The second-order valence-corrected chi connectivity index (χ2v) is 7.73. The number of nitrogens with zero attached hydrogens (tertiary/aromatic N) is 2. The summed E-state index contributed by atoms with van der Waals surface area (Å²) in [5.74, 6) is 1.08. The number of carbonyl (C=O) groups excluding carboxylic acids is 1. The molecule has 0 bridgehead atoms. The van der Waals surface area contributed by atoms with Crippen molar-refractivity contribution in [1.82, 2.24) is 15.3 Å². The monoisotopic (exact) mass is 380 g/mol. The molecule has 2 aliphatic rings. The Kier molecular flexibility index (Phi) is 5.71. The molecule has 1 amide bonds. The maximum atomic E-state index is 11.8. The van der Waals surface area contributed by atoms with Gasteiger partial charge >= 0.3 is 0 Å². The van der Waals surface area contributed by atoms with Crippen LogP contribution in [0.1, 0.15) is 48.9 Å². The van der Waals surface area contributed by atoms with Gasteiger partial charge in [0.1, 0.15) is 11.6 Å². The summed E-state index contributed by atoms with van der Waals surface area (Å²) in [6.45, 7) is 1.88. The molecule has 1 aliphatic heterocycles. The average molecular weight is 380 g/mol. The number of amides is 1. The molecule has 7 heteroatoms. The lowest BCUT2D eigenvalue weighted by atomic mass is 9.95. The van der Waals surface area contributed by atoms with Gasteiger partial charge in [-0.15, -0.1) is 0 Å². The first-order valence-electron chi connectivity index (χ1n) is 10.2. The van der Waals surface area contributed by atoms with Crippen LogP contribution in [0, 0.1) is 0 Å². The largest absolute Gasteiger partial charge is 0.367 e. The Morgan fingerprint density at radius 2 is 1.86 bits per heavy atom. The zero-order valence-electron chi connectivity index (χ0n) is 16.1. The van der Waals surface area contributed by atoms with Crippen molar-refractivity contribution in [2.45, 2.75) is 50.6 Å². The maximum Gasteiger partial charge on any atom is 0.248 e. The predicted octanol–water partition coefficient (Wildman–Crippen LogP) is 2.76. The number of pyridine rings is 2. The number of nitrogens with two attached hydrogens (primary N) is 1. The van der Waals surface area contributed by atoms with E-state index < -0.39 is 5.91 Å². The van der Waals surface area contributed by atoms with Gasteiger partial charge in [0.25, 0.3) is 0 Å². The van der Waals surface area contributed by atoms with Crippen LogP contribution in [-0.2, 0) is 0 Å². The molecule has 7 nitrogen and oxygen atoms in total. The van der Waals surface area contributed by atoms with Crippen LogP contribution in [0.2, 0.25) is 0 Å². The minimum absolute atomic E-state index is 0.310. The van der Waals surface area contributed by atoms with E-state index in [1.54, 1.807) is 18.3 Å². The number of carbonyl (C=O) groups is 1. The van der Waals surface area contributed by atoms with E-state index in [9.17, 15) is 4.79 Å². The first-order chi connectivity index (χ1) is 13.7. The lowest BCUT2D eigenvalue weighted by Crippen LogP contribution is -2.23. The van der Waals surface area contributed by atoms with E-state index in [2.05, 4.69) is 20.9 Å². The lowest BCUT2D eigenvalue weighted by molar-refractivity contribution is 0.1000. The molecule has 1 atom stereocenters. The molecule has 148 valence electrons. The van der Waals surface area contributed by atoms with Crippen molar-refractivity contribution in [2.75, 3.05) is 23.7 Å². The summed E-state index contributed by atoms with van der Waals surface area (Å²) < 4.78 is 0. The van der Waals surface area contributed by atoms with Gasteiger partial charge in [0, 0.05) is 36.0 Å². The summed E-state index contributed by atoms with van der Waals surface area (Å²) in [5, 5.41) is 10.3. The highest BCUT2D eigenvalue weighted by Gasteiger charge is 2.17. The van der Waals surface area contributed by atoms with E-state index in [0.717, 1.165) is 36.6 Å². The van der Waals surface area contributed by atoms with Gasteiger partial charge in [-0.2, -0.15) is 0 Å². The molecule has 0 spiro atoms. The molecule has 4 rings (SSSR count). The van der Waals surface area contributed by atoms with Gasteiger partial charge in [-0.1, -0.05) is 19.3 Å². The summed E-state index contributed by atoms with van der Waals surface area (Å²) in [6.07, 6.45) is 9.04. The fourth-order valence-electron chi connectivity index (χ4n) is 4.01. The SMILES string of the molecule is NC(=O)c1cc(NC2CCNC2)nc(-c2ccnc(NC3CCCCC3)c2)c1. The normalized spacial score (nSPS) is 20.1. The number of hydrogen-bond acceptors (Lipinski definition) is 6. The maximum absolute atomic E-state index is 11.8. The second-order valence-electron chi connectivity index (χ2n) is 7.73. The van der Waals surface area contributed by atoms with Crippen LogP contribution >= 0.6 is 0 Å². The molecule has 2 aromatic heterocycles. The van der Waals surface area contributed by atoms with Crippen LogP contribution < -0.4 is 21.7 Å². The molecule has 3 heterocycles. The molecular weight excluding hydrogens is 352 g/mol. The first-order valence-corrected chi connectivity index (χ1v) is 10.2. The smallest absolute Gasteiger partial charge is 0.248 e. The Hall–Kier alpha value is -2.67. The Bertz CT molecular complexity index is 827. The number of rotatable bonds is 6. The van der Waals surface area contributed by atoms with Gasteiger partial charge in [-0.3, -0.25) is 4.79 Å². The standard InChI is InChI=1S/C21H28N6O/c22-21(28)15-10-18(27-20(12-15)26-17-7-8-23-13-17)14-6-9-24-19(11-14)25-16-4-2-1-3-5-16/h6,9-12,16-17,23H,1-5,7-8,13H2,(H2,22,28)(H,24,25)(H,26,27). The van der Waals surface area contributed by atoms with Crippen molar-refractivity contribution in [1.29, 1.82) is 0 Å². The number of aromatic nitrogens is 2. The summed E-state index contributed by atoms with van der Waals surface area (Å²) in [6, 6.07) is 8.19. The van der Waals surface area contributed by atoms with Gasteiger partial charge < -0.3 is 21.7 Å². The highest BCUT2D eigenvalue weighted by molar-refractivity contribution is 5.94. The fraction of sp³-hybridized carbons (Fsp3) is 0.476. The predicted molar refractivity (Wildman–Crippen MR) is 111 cm³/mol. The molecular formula is C21H28N6O. The summed E-state index contributed by atoms with van der Waals surface area (Å²) >= 11 is 0. The Balaban J connectivity index is 1.58. The summed E-state index contributed by atoms with van der Waals surface area (Å²) in [7, 11) is 0. The van der Waals surface area contributed by atoms with Crippen molar-refractivity contribution < 1.29 is 4.79 Å². The van der Waals surface area contributed by atoms with Crippen LogP contribution in [-0.4, -0.2) is 41.0 Å². The molecule has 1 saturated carbocycles. The van der Waals surface area contributed by atoms with Crippen molar-refractivity contribution in [3.8, 4) is 11.3 Å². The Morgan fingerprint density at radius 3 is 2.61 bits per heavy atom. The molecule has 1 saturated heterocycles. The molecule has 2 aromatic rings. The molecule has 2 fully saturated rings. The molecule has 0 radical (unpaired) electrons. The Labute approximate surface area is 165 Å². The van der Waals surface area contributed by atoms with Crippen LogP contribution in [0.5, 0.6) is 0 Å². The van der Waals surface area contributed by atoms with Gasteiger partial charge in [-0.25, -0.2) is 9.97 Å². The third-order valence-electron chi connectivity index (χ3n) is 5.54. The topological polar surface area (TPSA) is 105 Å². The fourth-order valence-corrected chi connectivity index (χ4v) is 4.01. The number of nitrogens with one attached hydrogen (secondary N) is 3. The number of primary amides is 1. The van der Waals surface area contributed by atoms with Crippen molar-refractivity contribution in [3.63, 3.8) is 0 Å². The average Bonchev–Trinajstić information content (AvgIpc) is 3.22. The van der Waals surface area contributed by atoms with Crippen molar-refractivity contribution in [2.24, 2.45) is 5.73 Å². The zero-order valence-corrected chi connectivity index (χ0v) is 16.1. The number of hydrogen-bond donors (Lipinski definition) is 4. The lowest BCUT2D eigenvalue weighted by Gasteiger charge is -2.23. The minimum atomic E-state index is -0.453. The van der Waals surface area contributed by atoms with E-state index in [4.69, 9.17) is 10.7 Å². The molecule has 1 unspecified atom stereocenters. The van der Waals surface area contributed by atoms with E-state index >= 15 is 0 Å². The van der Waals surface area contributed by atoms with Gasteiger partial charge in [0.2, 0.25) is 5.91 Å². The molecule has 1 aliphatic carbocycles. The summed E-state index contributed by atoms with van der Waals surface area (Å²) in [5.41, 5.74) is 7.66. The molecule has 28 heavy (non-hydrogen) atoms. The van der Waals surface area contributed by atoms with Crippen molar-refractivity contribution >= 4 is 17.5 Å². The van der Waals surface area contributed by atoms with E-state index in [1.165, 1.54) is 32.1 Å². The van der Waals surface area contributed by atoms with E-state index in [-0.39, 0.29) is 0 Å². The van der Waals surface area contributed by atoms with Crippen LogP contribution in [0.4, 0.5) is 11.6 Å². The number of anilines is 2. The third kappa shape index (κ3) is 4.59. The molecule has 0 aromatic carbocycles. The highest BCUT2D eigenvalue weighted by atomic mass is 16.1. The van der Waals surface area contributed by atoms with E-state index in [1.807, 2.05) is 12.1 Å². The minimum Gasteiger partial charge on any atom is -0.367 e. The second kappa shape index (κ2) is 8.56.